The van der Waals surface area contributed by atoms with E-state index in [-0.39, 0.29) is 0 Å². The average Bonchev–Trinajstić information content (AvgIpc) is 3.41. The Morgan fingerprint density at radius 3 is 2.57 bits per heavy atom. The van der Waals surface area contributed by atoms with Crippen molar-refractivity contribution in [3.63, 3.8) is 0 Å². The highest BCUT2D eigenvalue weighted by Crippen LogP contribution is 2.52. The summed E-state index contributed by atoms with van der Waals surface area (Å²) in [4.78, 5) is 0. The van der Waals surface area contributed by atoms with Gasteiger partial charge in [0.2, 0.25) is 0 Å². The molecule has 2 aliphatic carbocycles. The molecule has 0 unspecified atom stereocenters. The second-order valence-corrected chi connectivity index (χ2v) is 6.07. The van der Waals surface area contributed by atoms with Gasteiger partial charge in [0.05, 0.1) is 13.2 Å². The Labute approximate surface area is 123 Å². The van der Waals surface area contributed by atoms with Crippen LogP contribution in [0.2, 0.25) is 0 Å². The number of hydrogen-bond donors (Lipinski definition) is 1. The van der Waals surface area contributed by atoms with Gasteiger partial charge >= 0.3 is 0 Å². The summed E-state index contributed by atoms with van der Waals surface area (Å²) in [6.45, 7) is 0. The molecule has 0 spiro atoms. The normalized spacial score (nSPS) is 18.2. The van der Waals surface area contributed by atoms with Gasteiger partial charge in [-0.1, -0.05) is 0 Å². The molecule has 0 radical (unpaired) electrons. The molecule has 6 nitrogen and oxygen atoms in total. The Morgan fingerprint density at radius 2 is 1.95 bits per heavy atom. The van der Waals surface area contributed by atoms with Crippen molar-refractivity contribution in [2.45, 2.75) is 31.7 Å². The highest BCUT2D eigenvalue weighted by molar-refractivity contribution is 5.73. The molecule has 2 saturated carbocycles. The van der Waals surface area contributed by atoms with Crippen LogP contribution in [0.4, 0.5) is 5.69 Å². The zero-order valence-electron chi connectivity index (χ0n) is 12.1. The van der Waals surface area contributed by atoms with Crippen molar-refractivity contribution in [3.8, 4) is 17.1 Å². The third kappa shape index (κ3) is 2.24. The van der Waals surface area contributed by atoms with Gasteiger partial charge in [0.25, 0.3) is 0 Å². The summed E-state index contributed by atoms with van der Waals surface area (Å²) in [6, 6.07) is 6.04. The lowest BCUT2D eigenvalue weighted by molar-refractivity contribution is 0.357. The zero-order valence-corrected chi connectivity index (χ0v) is 12.1. The molecule has 6 heteroatoms. The number of aromatic nitrogens is 4. The van der Waals surface area contributed by atoms with E-state index in [1.165, 1.54) is 25.7 Å². The van der Waals surface area contributed by atoms with Gasteiger partial charge in [-0.3, -0.25) is 0 Å². The fraction of sp³-hybridized carbons (Fsp3) is 0.533. The molecule has 4 rings (SSSR count). The van der Waals surface area contributed by atoms with Crippen molar-refractivity contribution >= 4 is 5.69 Å². The number of methoxy groups -OCH3 is 1. The zero-order chi connectivity index (χ0) is 14.4. The molecular formula is C15H19N5O. The first kappa shape index (κ1) is 12.6. The number of benzene rings is 1. The fourth-order valence-corrected chi connectivity index (χ4v) is 3.09. The second kappa shape index (κ2) is 4.72. The van der Waals surface area contributed by atoms with E-state index in [2.05, 4.69) is 15.5 Å². The first-order valence-corrected chi connectivity index (χ1v) is 7.49. The number of rotatable bonds is 5. The van der Waals surface area contributed by atoms with E-state index in [4.69, 9.17) is 10.5 Å². The third-order valence-corrected chi connectivity index (χ3v) is 4.49. The molecule has 0 bridgehead atoms. The van der Waals surface area contributed by atoms with Crippen LogP contribution in [-0.4, -0.2) is 27.3 Å². The van der Waals surface area contributed by atoms with Crippen LogP contribution in [0.3, 0.4) is 0 Å². The van der Waals surface area contributed by atoms with Crippen LogP contribution in [0.1, 0.15) is 31.7 Å². The van der Waals surface area contributed by atoms with Gasteiger partial charge in [-0.15, -0.1) is 5.10 Å². The van der Waals surface area contributed by atoms with E-state index in [0.29, 0.717) is 11.7 Å². The molecule has 0 saturated heterocycles. The van der Waals surface area contributed by atoms with Gasteiger partial charge in [-0.2, -0.15) is 0 Å². The largest absolute Gasteiger partial charge is 0.497 e. The maximum atomic E-state index is 6.12. The molecule has 0 aliphatic heterocycles. The van der Waals surface area contributed by atoms with Crippen molar-refractivity contribution < 1.29 is 4.74 Å². The Morgan fingerprint density at radius 1 is 1.24 bits per heavy atom. The number of nitrogens with two attached hydrogens (primary N) is 1. The predicted octanol–water partition coefficient (Wildman–Crippen LogP) is 2.29. The molecule has 110 valence electrons. The van der Waals surface area contributed by atoms with Gasteiger partial charge in [0.15, 0.2) is 5.82 Å². The summed E-state index contributed by atoms with van der Waals surface area (Å²) in [5.41, 5.74) is 7.65. The SMILES string of the molecule is COc1ccc(N)c(-c2nnnn2C(C2CC2)C2CC2)c1. The molecule has 2 N–H and O–H groups in total. The van der Waals surface area contributed by atoms with Gasteiger partial charge in [0, 0.05) is 11.3 Å². The third-order valence-electron chi connectivity index (χ3n) is 4.49. The lowest BCUT2D eigenvalue weighted by Crippen LogP contribution is -2.16. The standard InChI is InChI=1S/C15H19N5O/c1-21-11-6-7-13(16)12(8-11)15-17-18-19-20(15)14(9-2-3-9)10-4-5-10/h6-10,14H,2-5,16H2,1H3. The molecule has 1 aromatic heterocycles. The topological polar surface area (TPSA) is 78.8 Å². The highest BCUT2D eigenvalue weighted by atomic mass is 16.5. The summed E-state index contributed by atoms with van der Waals surface area (Å²) < 4.78 is 7.29. The maximum Gasteiger partial charge on any atom is 0.184 e. The van der Waals surface area contributed by atoms with Crippen molar-refractivity contribution in [2.24, 2.45) is 11.8 Å². The van der Waals surface area contributed by atoms with E-state index in [9.17, 15) is 0 Å². The predicted molar refractivity (Wildman–Crippen MR) is 78.7 cm³/mol. The molecule has 0 atom stereocenters. The Balaban J connectivity index is 1.77. The van der Waals surface area contributed by atoms with Gasteiger partial charge < -0.3 is 10.5 Å². The summed E-state index contributed by atoms with van der Waals surface area (Å²) in [7, 11) is 1.65. The molecule has 0 amide bonds. The molecule has 2 fully saturated rings. The number of nitrogen functional groups attached to an aromatic ring is 1. The van der Waals surface area contributed by atoms with E-state index >= 15 is 0 Å². The number of ether oxygens (including phenoxy) is 1. The summed E-state index contributed by atoms with van der Waals surface area (Å²) in [5.74, 6) is 2.98. The van der Waals surface area contributed by atoms with Gasteiger partial charge in [-0.05, 0) is 66.1 Å². The minimum atomic E-state index is 0.431. The highest BCUT2D eigenvalue weighted by Gasteiger charge is 2.44. The minimum Gasteiger partial charge on any atom is -0.497 e. The van der Waals surface area contributed by atoms with Crippen LogP contribution in [0.25, 0.3) is 11.4 Å². The van der Waals surface area contributed by atoms with E-state index in [0.717, 1.165) is 29.0 Å². The minimum absolute atomic E-state index is 0.431. The van der Waals surface area contributed by atoms with E-state index in [1.807, 2.05) is 22.9 Å². The van der Waals surface area contributed by atoms with Crippen LogP contribution in [0, 0.1) is 11.8 Å². The van der Waals surface area contributed by atoms with Crippen LogP contribution in [0.5, 0.6) is 5.75 Å². The quantitative estimate of drug-likeness (QED) is 0.853. The Kier molecular flexibility index (Phi) is 2.83. The fourth-order valence-electron chi connectivity index (χ4n) is 3.09. The maximum absolute atomic E-state index is 6.12. The number of anilines is 1. The molecule has 1 aromatic carbocycles. The average molecular weight is 285 g/mol. The van der Waals surface area contributed by atoms with Crippen molar-refractivity contribution in [3.05, 3.63) is 18.2 Å². The van der Waals surface area contributed by atoms with Crippen molar-refractivity contribution in [1.29, 1.82) is 0 Å². The number of nitrogens with zero attached hydrogens (tertiary/aromatic N) is 4. The van der Waals surface area contributed by atoms with Gasteiger partial charge in [-0.25, -0.2) is 4.68 Å². The monoisotopic (exact) mass is 285 g/mol. The van der Waals surface area contributed by atoms with Crippen molar-refractivity contribution in [2.75, 3.05) is 12.8 Å². The second-order valence-electron chi connectivity index (χ2n) is 6.07. The first-order chi connectivity index (χ1) is 10.3. The molecule has 21 heavy (non-hydrogen) atoms. The summed E-state index contributed by atoms with van der Waals surface area (Å²) in [6.07, 6.45) is 5.14. The Bertz CT molecular complexity index is 648. The Hall–Kier alpha value is -2.11. The van der Waals surface area contributed by atoms with Crippen LogP contribution >= 0.6 is 0 Å². The van der Waals surface area contributed by atoms with Crippen LogP contribution in [-0.2, 0) is 0 Å². The molecule has 1 heterocycles. The van der Waals surface area contributed by atoms with E-state index < -0.39 is 0 Å². The molecule has 2 aromatic rings. The van der Waals surface area contributed by atoms with Crippen LogP contribution in [0.15, 0.2) is 18.2 Å². The molecule has 2 aliphatic rings. The number of tetrazole rings is 1. The van der Waals surface area contributed by atoms with Crippen molar-refractivity contribution in [1.82, 2.24) is 20.2 Å². The first-order valence-electron chi connectivity index (χ1n) is 7.49. The smallest absolute Gasteiger partial charge is 0.184 e. The lowest BCUT2D eigenvalue weighted by atomic mass is 10.1. The lowest BCUT2D eigenvalue weighted by Gasteiger charge is -2.18. The number of hydrogen-bond acceptors (Lipinski definition) is 5. The summed E-state index contributed by atoms with van der Waals surface area (Å²) in [5, 5.41) is 12.4. The molecular weight excluding hydrogens is 266 g/mol. The van der Waals surface area contributed by atoms with E-state index in [1.54, 1.807) is 7.11 Å². The van der Waals surface area contributed by atoms with Crippen LogP contribution < -0.4 is 10.5 Å². The summed E-state index contributed by atoms with van der Waals surface area (Å²) >= 11 is 0. The van der Waals surface area contributed by atoms with Gasteiger partial charge in [0.1, 0.15) is 5.75 Å².